The fourth-order valence-corrected chi connectivity index (χ4v) is 7.00. The number of nitrogens with one attached hydrogen (secondary N) is 2. The molecule has 1 saturated heterocycles. The van der Waals surface area contributed by atoms with Crippen molar-refractivity contribution in [1.82, 2.24) is 24.4 Å². The van der Waals surface area contributed by atoms with Crippen LogP contribution in [0.2, 0.25) is 0 Å². The van der Waals surface area contributed by atoms with Gasteiger partial charge in [-0.1, -0.05) is 17.8 Å². The number of sulfonamides is 1. The maximum atomic E-state index is 13.5. The summed E-state index contributed by atoms with van der Waals surface area (Å²) in [6.45, 7) is 0.671. The van der Waals surface area contributed by atoms with Crippen LogP contribution in [0.3, 0.4) is 0 Å². The van der Waals surface area contributed by atoms with Crippen molar-refractivity contribution in [3.63, 3.8) is 0 Å². The zero-order valence-electron chi connectivity index (χ0n) is 24.5. The molecule has 0 unspecified atom stereocenters. The van der Waals surface area contributed by atoms with Gasteiger partial charge < -0.3 is 15.4 Å². The van der Waals surface area contributed by atoms with E-state index >= 15 is 0 Å². The van der Waals surface area contributed by atoms with Crippen molar-refractivity contribution in [2.75, 3.05) is 31.3 Å². The van der Waals surface area contributed by atoms with Gasteiger partial charge in [0.05, 0.1) is 35.6 Å². The number of rotatable bonds is 11. The number of nitrogens with zero attached hydrogens (tertiary/aromatic N) is 4. The summed E-state index contributed by atoms with van der Waals surface area (Å²) in [6.07, 6.45) is -3.03. The zero-order valence-corrected chi connectivity index (χ0v) is 26.1. The molecule has 2 N–H and O–H groups in total. The second-order valence-electron chi connectivity index (χ2n) is 10.2. The minimum absolute atomic E-state index is 0.0768. The number of hydrogen-bond donors (Lipinski definition) is 2. The van der Waals surface area contributed by atoms with Crippen molar-refractivity contribution in [2.24, 2.45) is 0 Å². The summed E-state index contributed by atoms with van der Waals surface area (Å²) in [7, 11) is -2.13. The van der Waals surface area contributed by atoms with Gasteiger partial charge in [0.15, 0.2) is 11.0 Å². The predicted molar refractivity (Wildman–Crippen MR) is 164 cm³/mol. The van der Waals surface area contributed by atoms with Crippen molar-refractivity contribution in [3.8, 4) is 11.4 Å². The SMILES string of the molecule is COc1ccc(NC(=O)CSc2nnc(CNC(=O)c3ccc(S(=O)(=O)N4CCCC4)cc3)n2-c2cccc(C(F)(F)F)c2)cc1. The van der Waals surface area contributed by atoms with Crippen LogP contribution in [-0.4, -0.2) is 65.3 Å². The van der Waals surface area contributed by atoms with Crippen LogP contribution in [0.15, 0.2) is 82.8 Å². The van der Waals surface area contributed by atoms with Gasteiger partial charge in [-0.3, -0.25) is 14.2 Å². The number of aromatic nitrogens is 3. The van der Waals surface area contributed by atoms with E-state index in [1.54, 1.807) is 24.3 Å². The lowest BCUT2D eigenvalue weighted by Crippen LogP contribution is -2.28. The van der Waals surface area contributed by atoms with E-state index in [0.717, 1.165) is 36.7 Å². The molecule has 4 aromatic rings. The smallest absolute Gasteiger partial charge is 0.416 e. The Labute approximate surface area is 267 Å². The van der Waals surface area contributed by atoms with Gasteiger partial charge in [-0.2, -0.15) is 17.5 Å². The average Bonchev–Trinajstić information content (AvgIpc) is 3.74. The van der Waals surface area contributed by atoms with Crippen molar-refractivity contribution in [1.29, 1.82) is 0 Å². The van der Waals surface area contributed by atoms with Gasteiger partial charge in [0.1, 0.15) is 5.75 Å². The predicted octanol–water partition coefficient (Wildman–Crippen LogP) is 4.74. The molecule has 0 atom stereocenters. The van der Waals surface area contributed by atoms with Crippen LogP contribution < -0.4 is 15.4 Å². The largest absolute Gasteiger partial charge is 0.497 e. The van der Waals surface area contributed by atoms with E-state index in [-0.39, 0.29) is 45.3 Å². The van der Waals surface area contributed by atoms with Crippen LogP contribution in [0, 0.1) is 0 Å². The Morgan fingerprint density at radius 2 is 1.67 bits per heavy atom. The second kappa shape index (κ2) is 13.9. The molecule has 0 spiro atoms. The monoisotopic (exact) mass is 674 g/mol. The molecule has 5 rings (SSSR count). The summed E-state index contributed by atoms with van der Waals surface area (Å²) < 4.78 is 74.1. The highest BCUT2D eigenvalue weighted by Crippen LogP contribution is 2.32. The Kier molecular flexibility index (Phi) is 9.98. The molecule has 1 fully saturated rings. The molecule has 1 aliphatic heterocycles. The number of carbonyl (C=O) groups excluding carboxylic acids is 2. The number of benzene rings is 3. The van der Waals surface area contributed by atoms with Gasteiger partial charge in [0.25, 0.3) is 5.91 Å². The van der Waals surface area contributed by atoms with Gasteiger partial charge in [-0.15, -0.1) is 10.2 Å². The molecule has 0 saturated carbocycles. The molecule has 2 amide bonds. The molecule has 2 heterocycles. The van der Waals surface area contributed by atoms with Gasteiger partial charge >= 0.3 is 6.18 Å². The number of methoxy groups -OCH3 is 1. The van der Waals surface area contributed by atoms with Crippen molar-refractivity contribution < 1.29 is 35.9 Å². The Balaban J connectivity index is 1.32. The summed E-state index contributed by atoms with van der Waals surface area (Å²) in [6, 6.07) is 16.7. The Hall–Kier alpha value is -4.41. The quantitative estimate of drug-likeness (QED) is 0.218. The lowest BCUT2D eigenvalue weighted by molar-refractivity contribution is -0.137. The van der Waals surface area contributed by atoms with Gasteiger partial charge in [0, 0.05) is 24.3 Å². The van der Waals surface area contributed by atoms with Crippen molar-refractivity contribution >= 4 is 39.3 Å². The number of anilines is 1. The van der Waals surface area contributed by atoms with E-state index in [2.05, 4.69) is 20.8 Å². The van der Waals surface area contributed by atoms with Crippen molar-refractivity contribution in [3.05, 3.63) is 89.7 Å². The summed E-state index contributed by atoms with van der Waals surface area (Å²) >= 11 is 0.954. The number of carbonyl (C=O) groups is 2. The first-order valence-electron chi connectivity index (χ1n) is 14.0. The number of hydrogen-bond acceptors (Lipinski definition) is 8. The number of thioether (sulfide) groups is 1. The highest BCUT2D eigenvalue weighted by Gasteiger charge is 2.31. The highest BCUT2D eigenvalue weighted by atomic mass is 32.2. The molecule has 0 radical (unpaired) electrons. The Morgan fingerprint density at radius 1 is 0.978 bits per heavy atom. The summed E-state index contributed by atoms with van der Waals surface area (Å²) in [5, 5.41) is 13.7. The maximum Gasteiger partial charge on any atom is 0.416 e. The van der Waals surface area contributed by atoms with E-state index in [1.807, 2.05) is 0 Å². The van der Waals surface area contributed by atoms with Crippen LogP contribution in [-0.2, 0) is 27.5 Å². The molecule has 242 valence electrons. The number of amides is 2. The van der Waals surface area contributed by atoms with Gasteiger partial charge in [-0.25, -0.2) is 8.42 Å². The molecular weight excluding hydrogens is 645 g/mol. The third kappa shape index (κ3) is 7.68. The van der Waals surface area contributed by atoms with E-state index in [4.69, 9.17) is 4.74 Å². The number of alkyl halides is 3. The number of halogens is 3. The van der Waals surface area contributed by atoms with Crippen LogP contribution >= 0.6 is 11.8 Å². The molecule has 46 heavy (non-hydrogen) atoms. The average molecular weight is 675 g/mol. The Morgan fingerprint density at radius 3 is 2.33 bits per heavy atom. The minimum Gasteiger partial charge on any atom is -0.497 e. The van der Waals surface area contributed by atoms with E-state index < -0.39 is 27.7 Å². The third-order valence-corrected chi connectivity index (χ3v) is 9.91. The topological polar surface area (TPSA) is 136 Å². The molecule has 11 nitrogen and oxygen atoms in total. The first-order valence-corrected chi connectivity index (χ1v) is 16.5. The fourth-order valence-electron chi connectivity index (χ4n) is 4.71. The summed E-state index contributed by atoms with van der Waals surface area (Å²) in [5.41, 5.74) is -0.115. The van der Waals surface area contributed by atoms with E-state index in [9.17, 15) is 31.2 Å². The first kappa shape index (κ1) is 33.0. The maximum absolute atomic E-state index is 13.5. The van der Waals surface area contributed by atoms with Crippen molar-refractivity contribution in [2.45, 2.75) is 35.6 Å². The fraction of sp³-hybridized carbons (Fsp3) is 0.267. The Bertz CT molecular complexity index is 1810. The van der Waals surface area contributed by atoms with Gasteiger partial charge in [-0.05, 0) is 79.6 Å². The lowest BCUT2D eigenvalue weighted by atomic mass is 10.2. The molecule has 0 bridgehead atoms. The first-order chi connectivity index (χ1) is 22.0. The van der Waals surface area contributed by atoms with Crippen LogP contribution in [0.25, 0.3) is 5.69 Å². The third-order valence-electron chi connectivity index (χ3n) is 7.06. The summed E-state index contributed by atoms with van der Waals surface area (Å²) in [5.74, 6) is -0.361. The molecule has 16 heteroatoms. The standard InChI is InChI=1S/C30H29F3N6O5S2/c1-44-24-11-9-22(10-12-24)35-27(40)19-45-29-37-36-26(39(29)23-6-4-5-21(17-23)30(31,32)33)18-34-28(41)20-7-13-25(14-8-20)46(42,43)38-15-2-3-16-38/h4-14,17H,2-3,15-16,18-19H2,1H3,(H,34,41)(H,35,40). The normalized spacial score (nSPS) is 13.8. The van der Waals surface area contributed by atoms with Crippen LogP contribution in [0.5, 0.6) is 5.75 Å². The second-order valence-corrected chi connectivity index (χ2v) is 13.0. The van der Waals surface area contributed by atoms with Gasteiger partial charge in [0.2, 0.25) is 15.9 Å². The molecular formula is C30H29F3N6O5S2. The van der Waals surface area contributed by atoms with E-state index in [1.165, 1.54) is 52.4 Å². The minimum atomic E-state index is -4.61. The molecule has 1 aliphatic rings. The van der Waals surface area contributed by atoms with E-state index in [0.29, 0.717) is 24.5 Å². The highest BCUT2D eigenvalue weighted by molar-refractivity contribution is 7.99. The summed E-state index contributed by atoms with van der Waals surface area (Å²) in [4.78, 5) is 25.7. The molecule has 3 aromatic carbocycles. The lowest BCUT2D eigenvalue weighted by Gasteiger charge is -2.15. The molecule has 1 aromatic heterocycles. The van der Waals surface area contributed by atoms with Crippen LogP contribution in [0.4, 0.5) is 18.9 Å². The number of ether oxygens (including phenoxy) is 1. The molecule has 0 aliphatic carbocycles. The zero-order chi connectivity index (χ0) is 32.9. The van der Waals surface area contributed by atoms with Crippen LogP contribution in [0.1, 0.15) is 34.6 Å².